The summed E-state index contributed by atoms with van der Waals surface area (Å²) in [4.78, 5) is 32.4. The molecule has 3 heterocycles. The summed E-state index contributed by atoms with van der Waals surface area (Å²) in [5.41, 5.74) is 3.86. The van der Waals surface area contributed by atoms with Crippen molar-refractivity contribution in [1.29, 1.82) is 0 Å². The lowest BCUT2D eigenvalue weighted by molar-refractivity contribution is -0.132. The zero-order valence-corrected chi connectivity index (χ0v) is 27.2. The number of nitrogens with one attached hydrogen (secondary N) is 2. The number of aliphatic hydroxyl groups excluding tert-OH is 1. The number of rotatable bonds is 7. The smallest absolute Gasteiger partial charge is 0.324 e. The summed E-state index contributed by atoms with van der Waals surface area (Å²) < 4.78 is 8.05. The maximum Gasteiger partial charge on any atom is 0.324 e. The molecule has 1 aliphatic rings. The number of urea groups is 1. The number of benzene rings is 3. The third-order valence-corrected chi connectivity index (χ3v) is 8.30. The maximum atomic E-state index is 13.4. The summed E-state index contributed by atoms with van der Waals surface area (Å²) in [6, 6.07) is 24.3. The molecule has 5 aromatic rings. The summed E-state index contributed by atoms with van der Waals surface area (Å²) >= 11 is 0. The number of aromatic nitrogens is 3. The number of pyridine rings is 1. The lowest BCUT2D eigenvalue weighted by Gasteiger charge is -2.29. The van der Waals surface area contributed by atoms with Gasteiger partial charge in [0.2, 0.25) is 5.91 Å². The molecule has 1 fully saturated rings. The molecule has 47 heavy (non-hydrogen) atoms. The van der Waals surface area contributed by atoms with Gasteiger partial charge in [0.05, 0.1) is 35.3 Å². The molecular weight excluding hydrogens is 592 g/mol. The average molecular weight is 633 g/mol. The number of aliphatic hydroxyl groups is 1. The van der Waals surface area contributed by atoms with Crippen molar-refractivity contribution >= 4 is 34.2 Å². The van der Waals surface area contributed by atoms with Crippen molar-refractivity contribution in [3.63, 3.8) is 0 Å². The highest BCUT2D eigenvalue weighted by molar-refractivity contribution is 6.07. The fourth-order valence-electron chi connectivity index (χ4n) is 5.58. The Morgan fingerprint density at radius 2 is 1.66 bits per heavy atom. The van der Waals surface area contributed by atoms with E-state index in [0.29, 0.717) is 54.6 Å². The van der Waals surface area contributed by atoms with Gasteiger partial charge in [0.1, 0.15) is 17.3 Å². The molecule has 1 aliphatic heterocycles. The van der Waals surface area contributed by atoms with Crippen LogP contribution in [0.15, 0.2) is 85.1 Å². The SMILES string of the molecule is Cc1ccc(-n2nc(C(C)(C)C)cc2NC(=O)Nc2ccc(Oc3ccnc(CC(=O)N4CCC(O)CC4)c3)c3ccccc23)cc1. The fraction of sp³-hybridized carbons (Fsp3) is 0.297. The Labute approximate surface area is 274 Å². The van der Waals surface area contributed by atoms with Gasteiger partial charge in [-0.15, -0.1) is 0 Å². The molecule has 242 valence electrons. The van der Waals surface area contributed by atoms with Crippen LogP contribution in [-0.2, 0) is 16.6 Å². The molecule has 1 saturated heterocycles. The van der Waals surface area contributed by atoms with Crippen molar-refractivity contribution in [3.8, 4) is 17.2 Å². The molecule has 0 spiro atoms. The van der Waals surface area contributed by atoms with E-state index in [-0.39, 0.29) is 23.8 Å². The van der Waals surface area contributed by atoms with Gasteiger partial charge in [-0.1, -0.05) is 62.7 Å². The van der Waals surface area contributed by atoms with Crippen LogP contribution >= 0.6 is 0 Å². The molecule has 10 nitrogen and oxygen atoms in total. The van der Waals surface area contributed by atoms with Gasteiger partial charge < -0.3 is 20.1 Å². The fourth-order valence-corrected chi connectivity index (χ4v) is 5.58. The predicted octanol–water partition coefficient (Wildman–Crippen LogP) is 6.99. The minimum Gasteiger partial charge on any atom is -0.457 e. The Bertz CT molecular complexity index is 1900. The molecule has 3 aromatic carbocycles. The van der Waals surface area contributed by atoms with E-state index in [1.165, 1.54) is 0 Å². The van der Waals surface area contributed by atoms with Crippen LogP contribution in [0.2, 0.25) is 0 Å². The highest BCUT2D eigenvalue weighted by atomic mass is 16.5. The molecule has 0 bridgehead atoms. The van der Waals surface area contributed by atoms with Gasteiger partial charge in [-0.25, -0.2) is 9.48 Å². The topological polar surface area (TPSA) is 122 Å². The normalized spacial score (nSPS) is 13.9. The number of hydrogen-bond acceptors (Lipinski definition) is 6. The quantitative estimate of drug-likeness (QED) is 0.178. The molecule has 6 rings (SSSR count). The minimum absolute atomic E-state index is 0.0164. The third-order valence-electron chi connectivity index (χ3n) is 8.30. The lowest BCUT2D eigenvalue weighted by atomic mass is 9.92. The Balaban J connectivity index is 1.19. The summed E-state index contributed by atoms with van der Waals surface area (Å²) in [5.74, 6) is 1.70. The van der Waals surface area contributed by atoms with Gasteiger partial charge in [0.15, 0.2) is 0 Å². The standard InChI is InChI=1S/C37H40N6O4/c1-24-9-11-26(12-10-24)43-34(23-33(41-43)37(2,3)4)40-36(46)39-31-13-14-32(30-8-6-5-7-29(30)31)47-28-15-18-38-25(21-28)22-35(45)42-19-16-27(44)17-20-42/h5-15,18,21,23,27,44H,16-17,19-20,22H2,1-4H3,(H2,39,40,46). The summed E-state index contributed by atoms with van der Waals surface area (Å²) in [6.07, 6.45) is 2.64. The second-order valence-corrected chi connectivity index (χ2v) is 13.0. The highest BCUT2D eigenvalue weighted by Gasteiger charge is 2.23. The molecule has 2 aromatic heterocycles. The largest absolute Gasteiger partial charge is 0.457 e. The number of piperidine rings is 1. The van der Waals surface area contributed by atoms with Crippen LogP contribution in [0.4, 0.5) is 16.3 Å². The second-order valence-electron chi connectivity index (χ2n) is 13.0. The van der Waals surface area contributed by atoms with Crippen molar-refractivity contribution in [2.45, 2.75) is 58.5 Å². The molecule has 3 N–H and O–H groups in total. The van der Waals surface area contributed by atoms with Crippen LogP contribution in [-0.4, -0.2) is 55.9 Å². The molecule has 0 saturated carbocycles. The minimum atomic E-state index is -0.399. The van der Waals surface area contributed by atoms with E-state index < -0.39 is 6.03 Å². The van der Waals surface area contributed by atoms with E-state index in [1.54, 1.807) is 27.9 Å². The maximum absolute atomic E-state index is 13.4. The van der Waals surface area contributed by atoms with Crippen LogP contribution in [0, 0.1) is 6.92 Å². The van der Waals surface area contributed by atoms with Gasteiger partial charge in [0.25, 0.3) is 0 Å². The van der Waals surface area contributed by atoms with Crippen molar-refractivity contribution in [2.24, 2.45) is 0 Å². The first kappa shape index (κ1) is 31.7. The number of carbonyl (C=O) groups is 2. The van der Waals surface area contributed by atoms with Gasteiger partial charge in [0, 0.05) is 47.6 Å². The van der Waals surface area contributed by atoms with E-state index in [0.717, 1.165) is 27.7 Å². The van der Waals surface area contributed by atoms with Crippen molar-refractivity contribution in [1.82, 2.24) is 19.7 Å². The number of fused-ring (bicyclic) bond motifs is 1. The predicted molar refractivity (Wildman–Crippen MR) is 183 cm³/mol. The van der Waals surface area contributed by atoms with E-state index in [9.17, 15) is 14.7 Å². The first-order chi connectivity index (χ1) is 22.5. The van der Waals surface area contributed by atoms with Crippen molar-refractivity contribution in [3.05, 3.63) is 102 Å². The number of nitrogens with zero attached hydrogens (tertiary/aromatic N) is 4. The Kier molecular flexibility index (Phi) is 8.95. The number of ether oxygens (including phenoxy) is 1. The molecule has 0 radical (unpaired) electrons. The summed E-state index contributed by atoms with van der Waals surface area (Å²) in [6.45, 7) is 9.39. The number of likely N-dealkylation sites (tertiary alicyclic amines) is 1. The van der Waals surface area contributed by atoms with Crippen LogP contribution in [0.1, 0.15) is 50.6 Å². The number of carbonyl (C=O) groups excluding carboxylic acids is 2. The Hall–Kier alpha value is -5.22. The molecular formula is C37H40N6O4. The van der Waals surface area contributed by atoms with E-state index in [4.69, 9.17) is 9.84 Å². The zero-order valence-electron chi connectivity index (χ0n) is 27.2. The highest BCUT2D eigenvalue weighted by Crippen LogP contribution is 2.35. The van der Waals surface area contributed by atoms with Crippen molar-refractivity contribution in [2.75, 3.05) is 23.7 Å². The Morgan fingerprint density at radius 1 is 0.936 bits per heavy atom. The second kappa shape index (κ2) is 13.3. The van der Waals surface area contributed by atoms with E-state index >= 15 is 0 Å². The van der Waals surface area contributed by atoms with Gasteiger partial charge in [-0.2, -0.15) is 5.10 Å². The third kappa shape index (κ3) is 7.44. The Morgan fingerprint density at radius 3 is 2.38 bits per heavy atom. The average Bonchev–Trinajstić information content (AvgIpc) is 3.47. The van der Waals surface area contributed by atoms with Crippen LogP contribution in [0.3, 0.4) is 0 Å². The number of anilines is 2. The van der Waals surface area contributed by atoms with Crippen molar-refractivity contribution < 1.29 is 19.4 Å². The monoisotopic (exact) mass is 632 g/mol. The number of aryl methyl sites for hydroxylation is 1. The molecule has 3 amide bonds. The molecule has 0 atom stereocenters. The van der Waals surface area contributed by atoms with Gasteiger partial charge in [-0.3, -0.25) is 15.1 Å². The molecule has 0 aliphatic carbocycles. The van der Waals surface area contributed by atoms with Gasteiger partial charge >= 0.3 is 6.03 Å². The summed E-state index contributed by atoms with van der Waals surface area (Å²) in [5, 5.41) is 22.2. The van der Waals surface area contributed by atoms with Gasteiger partial charge in [-0.05, 0) is 50.1 Å². The number of amides is 3. The molecule has 0 unspecified atom stereocenters. The summed E-state index contributed by atoms with van der Waals surface area (Å²) in [7, 11) is 0. The lowest BCUT2D eigenvalue weighted by Crippen LogP contribution is -2.40. The number of hydrogen-bond donors (Lipinski definition) is 3. The molecule has 10 heteroatoms. The van der Waals surface area contributed by atoms with Crippen LogP contribution in [0.5, 0.6) is 11.5 Å². The van der Waals surface area contributed by atoms with Crippen LogP contribution < -0.4 is 15.4 Å². The first-order valence-electron chi connectivity index (χ1n) is 15.9. The van der Waals surface area contributed by atoms with Crippen LogP contribution in [0.25, 0.3) is 16.5 Å². The van der Waals surface area contributed by atoms with E-state index in [1.807, 2.05) is 73.7 Å². The first-order valence-corrected chi connectivity index (χ1v) is 15.9. The van der Waals surface area contributed by atoms with E-state index in [2.05, 4.69) is 36.4 Å². The zero-order chi connectivity index (χ0) is 33.1.